The smallest absolute Gasteiger partial charge is 0.224 e. The highest BCUT2D eigenvalue weighted by Gasteiger charge is 2.33. The third kappa shape index (κ3) is 4.97. The molecule has 5 nitrogen and oxygen atoms in total. The average molecular weight is 353 g/mol. The zero-order valence-corrected chi connectivity index (χ0v) is 15.6. The molecule has 24 heavy (non-hydrogen) atoms. The molecule has 0 aliphatic carbocycles. The summed E-state index contributed by atoms with van der Waals surface area (Å²) >= 11 is 0. The second-order valence-electron chi connectivity index (χ2n) is 6.69. The number of amides is 1. The Morgan fingerprint density at radius 2 is 1.96 bits per heavy atom. The molecule has 1 N–H and O–H groups in total. The molecule has 1 aromatic carbocycles. The Morgan fingerprint density at radius 3 is 2.46 bits per heavy atom. The van der Waals surface area contributed by atoms with Gasteiger partial charge in [0.1, 0.15) is 0 Å². The van der Waals surface area contributed by atoms with E-state index in [2.05, 4.69) is 31.3 Å². The van der Waals surface area contributed by atoms with Crippen molar-refractivity contribution in [2.45, 2.75) is 45.6 Å². The molecule has 1 heterocycles. The van der Waals surface area contributed by atoms with Crippen LogP contribution in [0.1, 0.15) is 45.1 Å². The van der Waals surface area contributed by atoms with Crippen LogP contribution in [0.5, 0.6) is 0 Å². The van der Waals surface area contributed by atoms with E-state index in [0.29, 0.717) is 31.8 Å². The summed E-state index contributed by atoms with van der Waals surface area (Å²) in [5.41, 5.74) is 2.29. The first-order valence-electron chi connectivity index (χ1n) is 8.66. The maximum atomic E-state index is 12.4. The van der Waals surface area contributed by atoms with Crippen molar-refractivity contribution in [3.05, 3.63) is 29.8 Å². The number of carbonyl (C=O) groups excluding carboxylic acids is 1. The van der Waals surface area contributed by atoms with Crippen molar-refractivity contribution < 1.29 is 13.2 Å². The van der Waals surface area contributed by atoms with E-state index >= 15 is 0 Å². The van der Waals surface area contributed by atoms with E-state index in [1.807, 2.05) is 19.1 Å². The molecule has 1 aromatic rings. The van der Waals surface area contributed by atoms with Crippen LogP contribution in [-0.4, -0.2) is 49.9 Å². The van der Waals surface area contributed by atoms with E-state index in [1.165, 1.54) is 5.56 Å². The van der Waals surface area contributed by atoms with Crippen LogP contribution >= 0.6 is 0 Å². The number of hydrogen-bond donors (Lipinski definition) is 1. The van der Waals surface area contributed by atoms with Crippen LogP contribution in [-0.2, 0) is 14.6 Å². The summed E-state index contributed by atoms with van der Waals surface area (Å²) in [6.45, 7) is 7.33. The van der Waals surface area contributed by atoms with Crippen molar-refractivity contribution in [1.29, 1.82) is 0 Å². The topological polar surface area (TPSA) is 66.5 Å². The van der Waals surface area contributed by atoms with Gasteiger partial charge in [-0.15, -0.1) is 0 Å². The lowest BCUT2D eigenvalue weighted by Gasteiger charge is -2.27. The van der Waals surface area contributed by atoms with Gasteiger partial charge in [0.15, 0.2) is 9.84 Å². The molecule has 1 aliphatic heterocycles. The highest BCUT2D eigenvalue weighted by molar-refractivity contribution is 7.91. The van der Waals surface area contributed by atoms with Gasteiger partial charge in [0.25, 0.3) is 0 Å². The van der Waals surface area contributed by atoms with Gasteiger partial charge in [-0.05, 0) is 37.0 Å². The number of rotatable bonds is 7. The number of anilines is 1. The zero-order valence-electron chi connectivity index (χ0n) is 14.8. The molecule has 1 amide bonds. The molecule has 0 saturated carbocycles. The van der Waals surface area contributed by atoms with Gasteiger partial charge in [0, 0.05) is 31.2 Å². The fourth-order valence-corrected chi connectivity index (χ4v) is 4.83. The van der Waals surface area contributed by atoms with Gasteiger partial charge < -0.3 is 10.2 Å². The molecule has 0 spiro atoms. The number of nitrogens with one attached hydrogen (secondary N) is 1. The number of nitrogens with zero attached hydrogens (tertiary/aromatic N) is 1. The predicted molar refractivity (Wildman–Crippen MR) is 98.1 cm³/mol. The van der Waals surface area contributed by atoms with Crippen LogP contribution < -0.4 is 5.32 Å². The molecule has 0 radical (unpaired) electrons. The summed E-state index contributed by atoms with van der Waals surface area (Å²) in [6.07, 6.45) is 0.933. The summed E-state index contributed by atoms with van der Waals surface area (Å²) in [5.74, 6) is 0.825. The Morgan fingerprint density at radius 1 is 1.29 bits per heavy atom. The maximum Gasteiger partial charge on any atom is 0.224 e. The lowest BCUT2D eigenvalue weighted by molar-refractivity contribution is -0.132. The van der Waals surface area contributed by atoms with Crippen molar-refractivity contribution in [1.82, 2.24) is 4.90 Å². The summed E-state index contributed by atoms with van der Waals surface area (Å²) in [5, 5.41) is 3.26. The van der Waals surface area contributed by atoms with Crippen LogP contribution in [0.4, 0.5) is 5.69 Å². The van der Waals surface area contributed by atoms with Crippen molar-refractivity contribution in [3.63, 3.8) is 0 Å². The minimum Gasteiger partial charge on any atom is -0.385 e. The van der Waals surface area contributed by atoms with E-state index in [0.717, 1.165) is 5.69 Å². The van der Waals surface area contributed by atoms with Crippen molar-refractivity contribution in [2.75, 3.05) is 29.9 Å². The molecule has 1 atom stereocenters. The molecule has 1 fully saturated rings. The number of carbonyl (C=O) groups is 1. The molecule has 0 aromatic heterocycles. The standard InChI is InChI=1S/C18H28N2O3S/c1-4-20(17-10-12-24(22,23)13-17)18(21)9-11-19-16-7-5-15(6-8-16)14(2)3/h5-8,14,17,19H,4,9-13H2,1-3H3. The summed E-state index contributed by atoms with van der Waals surface area (Å²) < 4.78 is 23.2. The van der Waals surface area contributed by atoms with Gasteiger partial charge in [0.05, 0.1) is 11.5 Å². The number of sulfone groups is 1. The largest absolute Gasteiger partial charge is 0.385 e. The van der Waals surface area contributed by atoms with E-state index in [-0.39, 0.29) is 23.5 Å². The highest BCUT2D eigenvalue weighted by Crippen LogP contribution is 2.19. The molecule has 1 aliphatic rings. The second-order valence-corrected chi connectivity index (χ2v) is 8.92. The quantitative estimate of drug-likeness (QED) is 0.819. The molecular formula is C18H28N2O3S. The Labute approximate surface area is 145 Å². The number of benzene rings is 1. The molecule has 1 saturated heterocycles. The lowest BCUT2D eigenvalue weighted by Crippen LogP contribution is -2.41. The lowest BCUT2D eigenvalue weighted by atomic mass is 10.0. The Balaban J connectivity index is 1.83. The maximum absolute atomic E-state index is 12.4. The predicted octanol–water partition coefficient (Wildman–Crippen LogP) is 2.65. The van der Waals surface area contributed by atoms with Crippen molar-refractivity contribution in [3.8, 4) is 0 Å². The average Bonchev–Trinajstić information content (AvgIpc) is 2.88. The fraction of sp³-hybridized carbons (Fsp3) is 0.611. The van der Waals surface area contributed by atoms with Crippen LogP contribution in [0.3, 0.4) is 0 Å². The second kappa shape index (κ2) is 8.01. The number of hydrogen-bond acceptors (Lipinski definition) is 4. The van der Waals surface area contributed by atoms with Crippen LogP contribution in [0, 0.1) is 0 Å². The first-order valence-corrected chi connectivity index (χ1v) is 10.5. The molecular weight excluding hydrogens is 324 g/mol. The molecule has 134 valence electrons. The molecule has 6 heteroatoms. The Hall–Kier alpha value is -1.56. The summed E-state index contributed by atoms with van der Waals surface area (Å²) in [7, 11) is -2.97. The van der Waals surface area contributed by atoms with Crippen LogP contribution in [0.15, 0.2) is 24.3 Å². The third-order valence-corrected chi connectivity index (χ3v) is 6.31. The van der Waals surface area contributed by atoms with E-state index in [4.69, 9.17) is 0 Å². The zero-order chi connectivity index (χ0) is 17.7. The highest BCUT2D eigenvalue weighted by atomic mass is 32.2. The molecule has 2 rings (SSSR count). The first kappa shape index (κ1) is 18.8. The van der Waals surface area contributed by atoms with E-state index < -0.39 is 9.84 Å². The van der Waals surface area contributed by atoms with Crippen LogP contribution in [0.25, 0.3) is 0 Å². The summed E-state index contributed by atoms with van der Waals surface area (Å²) in [4.78, 5) is 14.1. The van der Waals surface area contributed by atoms with Crippen molar-refractivity contribution in [2.24, 2.45) is 0 Å². The van der Waals surface area contributed by atoms with Gasteiger partial charge >= 0.3 is 0 Å². The molecule has 0 bridgehead atoms. The normalized spacial score (nSPS) is 19.4. The Bertz CT molecular complexity index is 653. The monoisotopic (exact) mass is 352 g/mol. The third-order valence-electron chi connectivity index (χ3n) is 4.56. The van der Waals surface area contributed by atoms with Gasteiger partial charge in [0.2, 0.25) is 5.91 Å². The Kier molecular flexibility index (Phi) is 6.27. The van der Waals surface area contributed by atoms with Gasteiger partial charge in [-0.25, -0.2) is 8.42 Å². The van der Waals surface area contributed by atoms with E-state index in [1.54, 1.807) is 4.90 Å². The van der Waals surface area contributed by atoms with Crippen molar-refractivity contribution >= 4 is 21.4 Å². The minimum atomic E-state index is -2.97. The molecule has 1 unspecified atom stereocenters. The van der Waals surface area contributed by atoms with Gasteiger partial charge in [-0.2, -0.15) is 0 Å². The minimum absolute atomic E-state index is 0.0194. The summed E-state index contributed by atoms with van der Waals surface area (Å²) in [6, 6.07) is 8.09. The van der Waals surface area contributed by atoms with Crippen LogP contribution in [0.2, 0.25) is 0 Å². The SMILES string of the molecule is CCN(C(=O)CCNc1ccc(C(C)C)cc1)C1CCS(=O)(=O)C1. The van der Waals surface area contributed by atoms with Gasteiger partial charge in [-0.3, -0.25) is 4.79 Å². The van der Waals surface area contributed by atoms with Gasteiger partial charge in [-0.1, -0.05) is 26.0 Å². The fourth-order valence-electron chi connectivity index (χ4n) is 3.10. The van der Waals surface area contributed by atoms with E-state index in [9.17, 15) is 13.2 Å². The first-order chi connectivity index (χ1) is 11.3.